The number of carbonyl (C=O) groups excluding carboxylic acids is 2. The van der Waals surface area contributed by atoms with Crippen molar-refractivity contribution in [3.63, 3.8) is 0 Å². The van der Waals surface area contributed by atoms with Crippen molar-refractivity contribution in [1.29, 1.82) is 0 Å². The molecule has 0 saturated carbocycles. The summed E-state index contributed by atoms with van der Waals surface area (Å²) in [6.07, 6.45) is 0. The zero-order valence-corrected chi connectivity index (χ0v) is 18.1. The summed E-state index contributed by atoms with van der Waals surface area (Å²) in [6.45, 7) is 3.91. The van der Waals surface area contributed by atoms with Gasteiger partial charge in [0.05, 0.1) is 19.0 Å². The van der Waals surface area contributed by atoms with E-state index in [0.29, 0.717) is 45.8 Å². The Labute approximate surface area is 186 Å². The quantitative estimate of drug-likeness (QED) is 0.271. The zero-order chi connectivity index (χ0) is 21.6. The molecule has 160 valence electrons. The molecule has 1 aromatic rings. The van der Waals surface area contributed by atoms with Crippen molar-refractivity contribution in [2.75, 3.05) is 59.5 Å². The van der Waals surface area contributed by atoms with Gasteiger partial charge in [0.2, 0.25) is 0 Å². The topological polar surface area (TPSA) is 158 Å². The van der Waals surface area contributed by atoms with Crippen molar-refractivity contribution < 1.29 is 41.9 Å². The second-order valence-electron chi connectivity index (χ2n) is 6.51. The molecule has 1 saturated heterocycles. The van der Waals surface area contributed by atoms with E-state index in [-0.39, 0.29) is 30.5 Å². The summed E-state index contributed by atoms with van der Waals surface area (Å²) in [7, 11) is 1.62. The first-order valence-corrected chi connectivity index (χ1v) is 9.06. The summed E-state index contributed by atoms with van der Waals surface area (Å²) in [4.78, 5) is 29.2. The van der Waals surface area contributed by atoms with Crippen LogP contribution in [0.3, 0.4) is 0 Å². The maximum atomic E-state index is 10.9. The number of ether oxygens (including phenoxy) is 1. The fraction of sp³-hybridized carbons (Fsp3) is 0.556. The molecule has 0 aliphatic carbocycles. The van der Waals surface area contributed by atoms with Crippen LogP contribution in [-0.2, 0) is 33.5 Å². The Kier molecular flexibility index (Phi) is 14.3. The molecular formula is C18H25CrN6O5+3. The smallest absolute Gasteiger partial charge is 0.549 e. The van der Waals surface area contributed by atoms with E-state index in [9.17, 15) is 19.8 Å². The molecule has 30 heavy (non-hydrogen) atoms. The van der Waals surface area contributed by atoms with E-state index in [4.69, 9.17) is 15.8 Å². The van der Waals surface area contributed by atoms with Gasteiger partial charge >= 0.3 is 17.4 Å². The molecule has 12 heteroatoms. The average molecular weight is 457 g/mol. The molecule has 0 N–H and O–H groups in total. The number of rotatable bonds is 7. The minimum absolute atomic E-state index is 0. The number of carboxylic acid groups (broad SMARTS) is 2. The van der Waals surface area contributed by atoms with E-state index in [1.54, 1.807) is 16.9 Å². The number of hydrogen-bond donors (Lipinski definition) is 0. The molecule has 0 aromatic heterocycles. The van der Waals surface area contributed by atoms with E-state index < -0.39 is 11.9 Å². The zero-order valence-electron chi connectivity index (χ0n) is 16.8. The van der Waals surface area contributed by atoms with E-state index in [1.807, 2.05) is 24.3 Å². The van der Waals surface area contributed by atoms with Gasteiger partial charge in [-0.2, -0.15) is 0 Å². The van der Waals surface area contributed by atoms with Gasteiger partial charge in [-0.15, -0.1) is 0 Å². The van der Waals surface area contributed by atoms with Crippen LogP contribution in [0.1, 0.15) is 5.56 Å². The minimum atomic E-state index is -1.13. The molecule has 2 rings (SSSR count). The monoisotopic (exact) mass is 457 g/mol. The summed E-state index contributed by atoms with van der Waals surface area (Å²) >= 11 is 0. The number of carboxylic acids is 2. The van der Waals surface area contributed by atoms with Crippen LogP contribution in [0.5, 0.6) is 5.75 Å². The number of nitrogens with zero attached hydrogens (tertiary/aromatic N) is 6. The van der Waals surface area contributed by atoms with Gasteiger partial charge in [-0.1, -0.05) is 12.1 Å². The molecule has 0 atom stereocenters. The molecule has 1 fully saturated rings. The first-order valence-electron chi connectivity index (χ1n) is 9.06. The Hall–Kier alpha value is -2.32. The average Bonchev–Trinajstić information content (AvgIpc) is 2.75. The van der Waals surface area contributed by atoms with Gasteiger partial charge in [0, 0.05) is 58.9 Å². The SMILES string of the molecule is COc1ccc(CN2CCN(CC(=O)[O-])CCN(CC(=O)[O-])CC2)cc1.[Cr+6].[N-]=[N+]=[N-]. The van der Waals surface area contributed by atoms with Crippen LogP contribution in [0, 0.1) is 0 Å². The number of benzene rings is 1. The standard InChI is InChI=1S/C18H27N3O5.Cr.N3/c1-26-16-4-2-15(3-5-16)12-19-6-8-20(13-17(22)23)10-11-21(9-7-19)14-18(24)25;;1-3-2/h2-5H,6-14H2,1H3,(H,22,23)(H,24,25);;/q;+6;-1/p-2. The van der Waals surface area contributed by atoms with Crippen LogP contribution in [0.25, 0.3) is 16.0 Å². The third-order valence-corrected chi connectivity index (χ3v) is 4.47. The van der Waals surface area contributed by atoms with Gasteiger partial charge in [-0.3, -0.25) is 19.6 Å². The van der Waals surface area contributed by atoms with Crippen LogP contribution in [0.2, 0.25) is 0 Å². The van der Waals surface area contributed by atoms with Crippen LogP contribution in [0.15, 0.2) is 24.3 Å². The molecule has 1 heterocycles. The summed E-state index contributed by atoms with van der Waals surface area (Å²) in [5.41, 5.74) is 14.6. The van der Waals surface area contributed by atoms with Crippen molar-refractivity contribution in [3.05, 3.63) is 45.8 Å². The first-order chi connectivity index (χ1) is 13.9. The largest absolute Gasteiger partial charge is 6.00 e. The van der Waals surface area contributed by atoms with Gasteiger partial charge in [-0.05, 0) is 17.7 Å². The van der Waals surface area contributed by atoms with Crippen molar-refractivity contribution in [1.82, 2.24) is 14.7 Å². The van der Waals surface area contributed by atoms with Crippen molar-refractivity contribution >= 4 is 11.9 Å². The number of hydrogen-bond acceptors (Lipinski definition) is 8. The number of methoxy groups -OCH3 is 1. The van der Waals surface area contributed by atoms with Gasteiger partial charge in [0.1, 0.15) is 5.75 Å². The van der Waals surface area contributed by atoms with Crippen LogP contribution < -0.4 is 14.9 Å². The molecule has 1 aliphatic heterocycles. The predicted octanol–water partition coefficient (Wildman–Crippen LogP) is -1.52. The van der Waals surface area contributed by atoms with Crippen LogP contribution in [0.4, 0.5) is 0 Å². The van der Waals surface area contributed by atoms with Gasteiger partial charge in [0.25, 0.3) is 0 Å². The molecule has 0 spiro atoms. The number of aliphatic carboxylic acids is 2. The van der Waals surface area contributed by atoms with Crippen molar-refractivity contribution in [3.8, 4) is 5.75 Å². The van der Waals surface area contributed by atoms with Gasteiger partial charge < -0.3 is 35.6 Å². The Balaban J connectivity index is 0.00000198. The Morgan fingerprint density at radius 2 is 1.27 bits per heavy atom. The van der Waals surface area contributed by atoms with E-state index >= 15 is 0 Å². The first kappa shape index (κ1) is 27.7. The van der Waals surface area contributed by atoms with Crippen molar-refractivity contribution in [2.24, 2.45) is 0 Å². The Morgan fingerprint density at radius 3 is 1.60 bits per heavy atom. The van der Waals surface area contributed by atoms with Gasteiger partial charge in [-0.25, -0.2) is 0 Å². The second kappa shape index (κ2) is 15.5. The summed E-state index contributed by atoms with van der Waals surface area (Å²) in [6, 6.07) is 7.78. The molecule has 0 amide bonds. The van der Waals surface area contributed by atoms with Gasteiger partial charge in [0.15, 0.2) is 0 Å². The third-order valence-electron chi connectivity index (χ3n) is 4.47. The molecule has 11 nitrogen and oxygen atoms in total. The fourth-order valence-corrected chi connectivity index (χ4v) is 3.01. The molecule has 0 bridgehead atoms. The molecular weight excluding hydrogens is 432 g/mol. The maximum Gasteiger partial charge on any atom is 6.00 e. The van der Waals surface area contributed by atoms with E-state index in [1.165, 1.54) is 4.91 Å². The van der Waals surface area contributed by atoms with E-state index in [2.05, 4.69) is 4.90 Å². The normalized spacial score (nSPS) is 15.8. The van der Waals surface area contributed by atoms with Crippen LogP contribution in [-0.4, -0.2) is 86.1 Å². The second-order valence-corrected chi connectivity index (χ2v) is 6.51. The summed E-state index contributed by atoms with van der Waals surface area (Å²) < 4.78 is 5.16. The number of carbonyl (C=O) groups is 2. The van der Waals surface area contributed by atoms with Crippen molar-refractivity contribution in [2.45, 2.75) is 6.54 Å². The Morgan fingerprint density at radius 1 is 0.900 bits per heavy atom. The molecule has 0 radical (unpaired) electrons. The fourth-order valence-electron chi connectivity index (χ4n) is 3.01. The molecule has 0 unspecified atom stereocenters. The summed E-state index contributed by atoms with van der Waals surface area (Å²) in [5.74, 6) is -1.46. The molecule has 1 aromatic carbocycles. The minimum Gasteiger partial charge on any atom is -0.549 e. The Bertz CT molecular complexity index is 656. The molecule has 1 aliphatic rings. The third kappa shape index (κ3) is 11.6. The predicted molar refractivity (Wildman–Crippen MR) is 101 cm³/mol. The maximum absolute atomic E-state index is 10.9. The van der Waals surface area contributed by atoms with E-state index in [0.717, 1.165) is 11.3 Å². The summed E-state index contributed by atoms with van der Waals surface area (Å²) in [5, 5.41) is 21.9. The van der Waals surface area contributed by atoms with Crippen LogP contribution >= 0.6 is 0 Å².